The maximum Gasteiger partial charge on any atom is 0.140 e. The van der Waals surface area contributed by atoms with Crippen molar-refractivity contribution in [1.29, 1.82) is 0 Å². The fraction of sp³-hybridized carbons (Fsp3) is 0.0286. The van der Waals surface area contributed by atoms with Gasteiger partial charge in [-0.05, 0) is 108 Å². The number of anilines is 3. The molecule has 0 radical (unpaired) electrons. The van der Waals surface area contributed by atoms with Gasteiger partial charge < -0.3 is 9.64 Å². The molecular weight excluding hydrogens is 871 g/mol. The molecule has 1 spiro atoms. The first-order valence-corrected chi connectivity index (χ1v) is 25.0. The van der Waals surface area contributed by atoms with E-state index in [1.807, 2.05) is 0 Å². The summed E-state index contributed by atoms with van der Waals surface area (Å²) in [6.45, 7) is 0. The van der Waals surface area contributed by atoms with Crippen molar-refractivity contribution in [3.8, 4) is 44.9 Å². The van der Waals surface area contributed by atoms with Crippen LogP contribution in [0.4, 0.5) is 17.1 Å². The van der Waals surface area contributed by atoms with Gasteiger partial charge in [-0.3, -0.25) is 0 Å². The van der Waals surface area contributed by atoms with E-state index in [1.165, 1.54) is 66.8 Å². The van der Waals surface area contributed by atoms with Gasteiger partial charge in [0.15, 0.2) is 0 Å². The Hall–Kier alpha value is -9.24. The highest BCUT2D eigenvalue weighted by atomic mass is 16.5. The van der Waals surface area contributed by atoms with Crippen molar-refractivity contribution in [3.05, 3.63) is 317 Å². The van der Waals surface area contributed by atoms with E-state index in [1.54, 1.807) is 0 Å². The third-order valence-electron chi connectivity index (χ3n) is 16.0. The topological polar surface area (TPSA) is 12.5 Å². The van der Waals surface area contributed by atoms with Crippen LogP contribution in [0.1, 0.15) is 44.5 Å². The molecular formula is C70H45NO. The van der Waals surface area contributed by atoms with Crippen molar-refractivity contribution in [3.63, 3.8) is 0 Å². The molecule has 0 saturated carbocycles. The number of ether oxygens (including phenoxy) is 1. The van der Waals surface area contributed by atoms with Crippen LogP contribution in [0, 0.1) is 0 Å². The first-order valence-electron chi connectivity index (χ1n) is 25.0. The van der Waals surface area contributed by atoms with Crippen molar-refractivity contribution < 1.29 is 4.74 Å². The highest BCUT2D eigenvalue weighted by molar-refractivity contribution is 6.01. The Labute approximate surface area is 419 Å². The van der Waals surface area contributed by atoms with Crippen LogP contribution >= 0.6 is 0 Å². The van der Waals surface area contributed by atoms with E-state index < -0.39 is 10.8 Å². The minimum Gasteiger partial charge on any atom is -0.455 e. The van der Waals surface area contributed by atoms with Gasteiger partial charge in [0.25, 0.3) is 0 Å². The zero-order chi connectivity index (χ0) is 47.4. The average Bonchev–Trinajstić information content (AvgIpc) is 3.92. The molecule has 2 aliphatic carbocycles. The monoisotopic (exact) mass is 915 g/mol. The molecule has 0 saturated heterocycles. The quantitative estimate of drug-likeness (QED) is 0.165. The van der Waals surface area contributed by atoms with Crippen LogP contribution in [0.15, 0.2) is 273 Å². The van der Waals surface area contributed by atoms with Gasteiger partial charge >= 0.3 is 0 Å². The fourth-order valence-corrected chi connectivity index (χ4v) is 13.1. The van der Waals surface area contributed by atoms with E-state index in [9.17, 15) is 0 Å². The summed E-state index contributed by atoms with van der Waals surface area (Å²) in [5.74, 6) is 1.85. The summed E-state index contributed by atoms with van der Waals surface area (Å²) in [5, 5.41) is 4.56. The van der Waals surface area contributed by atoms with E-state index in [2.05, 4.69) is 278 Å². The Morgan fingerprint density at radius 3 is 1.39 bits per heavy atom. The number of nitrogens with zero attached hydrogens (tertiary/aromatic N) is 1. The van der Waals surface area contributed by atoms with E-state index in [0.717, 1.165) is 61.2 Å². The van der Waals surface area contributed by atoms with E-state index in [-0.39, 0.29) is 0 Å². The Kier molecular flexibility index (Phi) is 8.82. The van der Waals surface area contributed by atoms with Crippen LogP contribution in [0.2, 0.25) is 0 Å². The molecule has 0 N–H and O–H groups in total. The molecule has 336 valence electrons. The van der Waals surface area contributed by atoms with E-state index in [0.29, 0.717) is 0 Å². The third-order valence-corrected chi connectivity index (χ3v) is 16.0. The summed E-state index contributed by atoms with van der Waals surface area (Å²) in [5.41, 5.74) is 19.4. The van der Waals surface area contributed by atoms with Crippen LogP contribution in [-0.2, 0) is 10.8 Å². The van der Waals surface area contributed by atoms with Gasteiger partial charge in [0.2, 0.25) is 0 Å². The Morgan fingerprint density at radius 1 is 0.292 bits per heavy atom. The number of fused-ring (bicyclic) bond motifs is 16. The average molecular weight is 916 g/mol. The molecule has 0 aromatic heterocycles. The van der Waals surface area contributed by atoms with Crippen molar-refractivity contribution in [2.75, 3.05) is 4.90 Å². The van der Waals surface area contributed by atoms with Crippen molar-refractivity contribution >= 4 is 38.6 Å². The summed E-state index contributed by atoms with van der Waals surface area (Å²) >= 11 is 0. The summed E-state index contributed by atoms with van der Waals surface area (Å²) in [6, 6.07) is 101. The number of benzene rings is 12. The van der Waals surface area contributed by atoms with Gasteiger partial charge in [0.05, 0.1) is 16.5 Å². The fourth-order valence-electron chi connectivity index (χ4n) is 13.1. The third kappa shape index (κ3) is 5.55. The summed E-state index contributed by atoms with van der Waals surface area (Å²) in [7, 11) is 0. The molecule has 3 aliphatic rings. The largest absolute Gasteiger partial charge is 0.455 e. The molecule has 1 aliphatic heterocycles. The lowest BCUT2D eigenvalue weighted by molar-refractivity contribution is 0.447. The number of hydrogen-bond donors (Lipinski definition) is 0. The summed E-state index contributed by atoms with van der Waals surface area (Å²) in [4.78, 5) is 2.47. The predicted octanol–water partition coefficient (Wildman–Crippen LogP) is 18.0. The molecule has 0 bridgehead atoms. The van der Waals surface area contributed by atoms with Crippen molar-refractivity contribution in [2.24, 2.45) is 0 Å². The highest BCUT2D eigenvalue weighted by Gasteiger charge is 2.52. The second-order valence-corrected chi connectivity index (χ2v) is 19.4. The Bertz CT molecular complexity index is 4000. The van der Waals surface area contributed by atoms with Gasteiger partial charge in [0.1, 0.15) is 11.5 Å². The Morgan fingerprint density at radius 2 is 0.764 bits per heavy atom. The SMILES string of the molecule is c1ccc(N(c2ccc(-c3ccc4c(c3)C3(c5ccccc5-4)c4ccc5ccccc5c4Oc4c3ccc3ccccc43)cc2)c2cccc3c2C(c2ccccc2)(c2ccccc2)c2ccccc2-3)cc1. The molecule has 0 amide bonds. The zero-order valence-electron chi connectivity index (χ0n) is 39.3. The summed E-state index contributed by atoms with van der Waals surface area (Å²) in [6.07, 6.45) is 0. The molecule has 0 atom stereocenters. The molecule has 0 unspecified atom stereocenters. The molecule has 12 aromatic rings. The minimum atomic E-state index is -0.627. The van der Waals surface area contributed by atoms with Crippen molar-refractivity contribution in [1.82, 2.24) is 0 Å². The molecule has 15 rings (SSSR count). The van der Waals surface area contributed by atoms with Crippen molar-refractivity contribution in [2.45, 2.75) is 10.8 Å². The minimum absolute atomic E-state index is 0.573. The lowest BCUT2D eigenvalue weighted by Gasteiger charge is -2.40. The van der Waals surface area contributed by atoms with Crippen LogP contribution in [0.3, 0.4) is 0 Å². The molecule has 1 heterocycles. The Balaban J connectivity index is 0.929. The normalized spacial score (nSPS) is 13.9. The lowest BCUT2D eigenvalue weighted by atomic mass is 9.65. The second-order valence-electron chi connectivity index (χ2n) is 19.4. The smallest absolute Gasteiger partial charge is 0.140 e. The van der Waals surface area contributed by atoms with E-state index >= 15 is 0 Å². The second kappa shape index (κ2) is 15.6. The van der Waals surface area contributed by atoms with Gasteiger partial charge in [-0.2, -0.15) is 0 Å². The molecule has 2 nitrogen and oxygen atoms in total. The molecule has 2 heteroatoms. The van der Waals surface area contributed by atoms with E-state index in [4.69, 9.17) is 4.74 Å². The lowest BCUT2D eigenvalue weighted by Crippen LogP contribution is -2.32. The number of para-hydroxylation sites is 1. The van der Waals surface area contributed by atoms with Gasteiger partial charge in [-0.25, -0.2) is 0 Å². The highest BCUT2D eigenvalue weighted by Crippen LogP contribution is 2.65. The molecule has 72 heavy (non-hydrogen) atoms. The first-order chi connectivity index (χ1) is 35.7. The maximum atomic E-state index is 7.25. The zero-order valence-corrected chi connectivity index (χ0v) is 39.3. The van der Waals surface area contributed by atoms with Crippen LogP contribution in [-0.4, -0.2) is 0 Å². The maximum absolute atomic E-state index is 7.25. The van der Waals surface area contributed by atoms with Gasteiger partial charge in [-0.1, -0.05) is 237 Å². The number of hydrogen-bond acceptors (Lipinski definition) is 2. The first kappa shape index (κ1) is 40.6. The standard InChI is InChI=1S/C70H45NO/c1-4-21-50(22-5-1)69(51-23-6-2-7-24-51)60-32-16-15-30-57(60)59-31-18-34-65(66(59)69)71(52-25-8-3-9-26-52)53-40-35-46(36-41-53)49-37-42-58-56-29-14-17-33-61(56)70(64(58)45-49)62-43-38-47-19-10-12-27-54(47)67(62)72-68-55-28-13-11-20-48(55)39-44-63(68)70/h1-45H. The molecule has 12 aromatic carbocycles. The van der Waals surface area contributed by atoms with Crippen LogP contribution in [0.5, 0.6) is 11.5 Å². The summed E-state index contributed by atoms with van der Waals surface area (Å²) < 4.78 is 7.25. The van der Waals surface area contributed by atoms with Gasteiger partial charge in [-0.15, -0.1) is 0 Å². The van der Waals surface area contributed by atoms with Crippen LogP contribution in [0.25, 0.3) is 54.9 Å². The predicted molar refractivity (Wildman–Crippen MR) is 296 cm³/mol. The number of rotatable bonds is 6. The van der Waals surface area contributed by atoms with Gasteiger partial charge in [0, 0.05) is 38.8 Å². The molecule has 0 fully saturated rings. The van der Waals surface area contributed by atoms with Crippen LogP contribution < -0.4 is 9.64 Å².